The molecule has 12 heavy (non-hydrogen) atoms. The Balaban J connectivity index is 2.42. The Hall–Kier alpha value is -1.09. The summed E-state index contributed by atoms with van der Waals surface area (Å²) >= 11 is 0. The summed E-state index contributed by atoms with van der Waals surface area (Å²) < 4.78 is 5.28. The average Bonchev–Trinajstić information content (AvgIpc) is 2.17. The molecule has 0 fully saturated rings. The van der Waals surface area contributed by atoms with E-state index in [0.29, 0.717) is 7.48 Å². The van der Waals surface area contributed by atoms with Gasteiger partial charge in [-0.25, -0.2) is 0 Å². The Labute approximate surface area is 71.8 Å². The standard InChI is InChI=1S/C9H9BO2/c11-6-7-1-2-9-8(5-7)3-4-12-10-9/h1-2,5-6,10H,3-4H2. The van der Waals surface area contributed by atoms with Gasteiger partial charge in [0.25, 0.3) is 0 Å². The van der Waals surface area contributed by atoms with Gasteiger partial charge in [0.1, 0.15) is 6.29 Å². The molecule has 60 valence electrons. The molecule has 1 aliphatic rings. The van der Waals surface area contributed by atoms with Gasteiger partial charge >= 0.3 is 7.48 Å². The first-order valence-electron chi connectivity index (χ1n) is 4.05. The highest BCUT2D eigenvalue weighted by Gasteiger charge is 2.10. The number of carbonyl (C=O) groups excluding carboxylic acids is 1. The molecule has 0 aliphatic carbocycles. The fourth-order valence-electron chi connectivity index (χ4n) is 1.46. The number of aldehydes is 1. The molecular weight excluding hydrogens is 151 g/mol. The average molecular weight is 160 g/mol. The Bertz CT molecular complexity index is 309. The van der Waals surface area contributed by atoms with Crippen LogP contribution >= 0.6 is 0 Å². The minimum atomic E-state index is 0.689. The molecule has 2 rings (SSSR count). The summed E-state index contributed by atoms with van der Waals surface area (Å²) in [5.74, 6) is 0. The zero-order valence-corrected chi connectivity index (χ0v) is 6.75. The van der Waals surface area contributed by atoms with Crippen LogP contribution in [0.1, 0.15) is 15.9 Å². The van der Waals surface area contributed by atoms with Crippen molar-refractivity contribution in [1.29, 1.82) is 0 Å². The van der Waals surface area contributed by atoms with Crippen LogP contribution in [0.4, 0.5) is 0 Å². The second-order valence-electron chi connectivity index (χ2n) is 2.95. The van der Waals surface area contributed by atoms with E-state index >= 15 is 0 Å². The van der Waals surface area contributed by atoms with E-state index in [4.69, 9.17) is 4.65 Å². The lowest BCUT2D eigenvalue weighted by Gasteiger charge is -2.15. The first kappa shape index (κ1) is 7.56. The summed E-state index contributed by atoms with van der Waals surface area (Å²) in [5, 5.41) is 0. The molecule has 0 saturated carbocycles. The van der Waals surface area contributed by atoms with E-state index in [9.17, 15) is 4.79 Å². The van der Waals surface area contributed by atoms with Crippen molar-refractivity contribution in [2.45, 2.75) is 6.42 Å². The summed E-state index contributed by atoms with van der Waals surface area (Å²) in [5.41, 5.74) is 3.23. The van der Waals surface area contributed by atoms with Crippen molar-refractivity contribution in [1.82, 2.24) is 0 Å². The quantitative estimate of drug-likeness (QED) is 0.428. The molecule has 0 saturated heterocycles. The summed E-state index contributed by atoms with van der Waals surface area (Å²) in [6.45, 7) is 0.773. The number of rotatable bonds is 1. The van der Waals surface area contributed by atoms with Crippen molar-refractivity contribution in [2.75, 3.05) is 6.61 Å². The SMILES string of the molecule is O=Cc1ccc2c(c1)CCOB2. The van der Waals surface area contributed by atoms with Gasteiger partial charge in [0, 0.05) is 12.2 Å². The van der Waals surface area contributed by atoms with Gasteiger partial charge in [-0.2, -0.15) is 0 Å². The van der Waals surface area contributed by atoms with Crippen LogP contribution in [0.3, 0.4) is 0 Å². The van der Waals surface area contributed by atoms with Crippen molar-refractivity contribution in [3.05, 3.63) is 29.3 Å². The van der Waals surface area contributed by atoms with Crippen LogP contribution in [0.2, 0.25) is 0 Å². The number of benzene rings is 1. The molecule has 0 N–H and O–H groups in total. The lowest BCUT2D eigenvalue weighted by Crippen LogP contribution is -2.29. The lowest BCUT2D eigenvalue weighted by atomic mass is 9.80. The number of carbonyl (C=O) groups is 1. The zero-order valence-electron chi connectivity index (χ0n) is 6.75. The molecule has 2 nitrogen and oxygen atoms in total. The molecule has 0 atom stereocenters. The number of hydrogen-bond acceptors (Lipinski definition) is 2. The highest BCUT2D eigenvalue weighted by atomic mass is 16.4. The van der Waals surface area contributed by atoms with Gasteiger partial charge < -0.3 is 4.65 Å². The molecule has 0 aromatic heterocycles. The van der Waals surface area contributed by atoms with E-state index in [2.05, 4.69) is 0 Å². The van der Waals surface area contributed by atoms with Crippen molar-refractivity contribution in [2.24, 2.45) is 0 Å². The molecule has 1 aromatic carbocycles. The summed E-state index contributed by atoms with van der Waals surface area (Å²) in [6, 6.07) is 5.75. The van der Waals surface area contributed by atoms with Crippen LogP contribution in [-0.2, 0) is 11.1 Å². The minimum Gasteiger partial charge on any atom is -0.434 e. The molecule has 3 heteroatoms. The second-order valence-corrected chi connectivity index (χ2v) is 2.95. The zero-order chi connectivity index (χ0) is 8.39. The van der Waals surface area contributed by atoms with Crippen molar-refractivity contribution in [3.8, 4) is 0 Å². The fourth-order valence-corrected chi connectivity index (χ4v) is 1.46. The summed E-state index contributed by atoms with van der Waals surface area (Å²) in [4.78, 5) is 10.5. The van der Waals surface area contributed by atoms with Gasteiger partial charge in [-0.1, -0.05) is 12.1 Å². The molecule has 1 heterocycles. The van der Waals surface area contributed by atoms with Crippen LogP contribution in [0.15, 0.2) is 18.2 Å². The second kappa shape index (κ2) is 3.11. The maximum Gasteiger partial charge on any atom is 0.308 e. The predicted molar refractivity (Wildman–Crippen MR) is 48.3 cm³/mol. The van der Waals surface area contributed by atoms with Crippen molar-refractivity contribution >= 4 is 19.2 Å². The van der Waals surface area contributed by atoms with E-state index in [-0.39, 0.29) is 0 Å². The molecule has 0 spiro atoms. The number of hydrogen-bond donors (Lipinski definition) is 0. The van der Waals surface area contributed by atoms with Gasteiger partial charge in [0.2, 0.25) is 0 Å². The van der Waals surface area contributed by atoms with E-state index in [0.717, 1.165) is 24.9 Å². The Morgan fingerprint density at radius 1 is 1.50 bits per heavy atom. The molecule has 0 radical (unpaired) electrons. The maximum absolute atomic E-state index is 10.5. The van der Waals surface area contributed by atoms with Crippen LogP contribution < -0.4 is 5.46 Å². The highest BCUT2D eigenvalue weighted by Crippen LogP contribution is 2.05. The largest absolute Gasteiger partial charge is 0.434 e. The monoisotopic (exact) mass is 160 g/mol. The van der Waals surface area contributed by atoms with Crippen molar-refractivity contribution < 1.29 is 9.45 Å². The predicted octanol–water partition coefficient (Wildman–Crippen LogP) is 0.0486. The smallest absolute Gasteiger partial charge is 0.308 e. The van der Waals surface area contributed by atoms with Gasteiger partial charge in [0.15, 0.2) is 0 Å². The summed E-state index contributed by atoms with van der Waals surface area (Å²) in [6.07, 6.45) is 1.81. The minimum absolute atomic E-state index is 0.689. The first-order chi connectivity index (χ1) is 5.90. The highest BCUT2D eigenvalue weighted by molar-refractivity contribution is 6.48. The van der Waals surface area contributed by atoms with Crippen LogP contribution in [0, 0.1) is 0 Å². The summed E-state index contributed by atoms with van der Waals surface area (Å²) in [7, 11) is 0.689. The van der Waals surface area contributed by atoms with E-state index in [1.54, 1.807) is 0 Å². The first-order valence-corrected chi connectivity index (χ1v) is 4.05. The lowest BCUT2D eigenvalue weighted by molar-refractivity contribution is 0.112. The fraction of sp³-hybridized carbons (Fsp3) is 0.222. The molecule has 0 amide bonds. The number of fused-ring (bicyclic) bond motifs is 1. The molecule has 1 aromatic rings. The third kappa shape index (κ3) is 1.28. The van der Waals surface area contributed by atoms with Crippen LogP contribution in [-0.4, -0.2) is 20.4 Å². The third-order valence-electron chi connectivity index (χ3n) is 2.14. The molecule has 1 aliphatic heterocycles. The van der Waals surface area contributed by atoms with Crippen LogP contribution in [0.25, 0.3) is 0 Å². The molecule has 0 bridgehead atoms. The van der Waals surface area contributed by atoms with E-state index < -0.39 is 0 Å². The Morgan fingerprint density at radius 2 is 2.42 bits per heavy atom. The normalized spacial score (nSPS) is 14.7. The van der Waals surface area contributed by atoms with Crippen molar-refractivity contribution in [3.63, 3.8) is 0 Å². The van der Waals surface area contributed by atoms with Gasteiger partial charge in [-0.05, 0) is 23.5 Å². The third-order valence-corrected chi connectivity index (χ3v) is 2.14. The van der Waals surface area contributed by atoms with Gasteiger partial charge in [-0.15, -0.1) is 0 Å². The topological polar surface area (TPSA) is 26.3 Å². The van der Waals surface area contributed by atoms with E-state index in [1.165, 1.54) is 11.0 Å². The van der Waals surface area contributed by atoms with Gasteiger partial charge in [-0.3, -0.25) is 4.79 Å². The maximum atomic E-state index is 10.5. The molecular formula is C9H9BO2. The Kier molecular flexibility index (Phi) is 1.96. The Morgan fingerprint density at radius 3 is 3.25 bits per heavy atom. The van der Waals surface area contributed by atoms with Gasteiger partial charge in [0.05, 0.1) is 0 Å². The molecule has 0 unspecified atom stereocenters. The van der Waals surface area contributed by atoms with E-state index in [1.807, 2.05) is 18.2 Å². The van der Waals surface area contributed by atoms with Crippen LogP contribution in [0.5, 0.6) is 0 Å².